The van der Waals surface area contributed by atoms with E-state index in [1.165, 1.54) is 0 Å². The molecule has 0 spiro atoms. The molecule has 0 fully saturated rings. The highest BCUT2D eigenvalue weighted by atomic mass is 16.4. The number of rotatable bonds is 5. The first kappa shape index (κ1) is 11.7. The van der Waals surface area contributed by atoms with Gasteiger partial charge in [0.25, 0.3) is 0 Å². The fraction of sp³-hybridized carbons (Fsp3) is 0.417. The zero-order valence-electron chi connectivity index (χ0n) is 8.81. The molecule has 0 bridgehead atoms. The van der Waals surface area contributed by atoms with Gasteiger partial charge in [0.15, 0.2) is 0 Å². The van der Waals surface area contributed by atoms with Crippen molar-refractivity contribution in [3.05, 3.63) is 35.9 Å². The van der Waals surface area contributed by atoms with E-state index >= 15 is 0 Å². The second-order valence-electron chi connectivity index (χ2n) is 4.00. The third-order valence-corrected chi connectivity index (χ3v) is 2.62. The third-order valence-electron chi connectivity index (χ3n) is 2.62. The van der Waals surface area contributed by atoms with E-state index in [4.69, 9.17) is 10.2 Å². The molecule has 0 saturated heterocycles. The molecule has 1 aromatic rings. The Hall–Kier alpha value is -1.35. The summed E-state index contributed by atoms with van der Waals surface area (Å²) in [4.78, 5) is 11.1. The molecule has 0 aromatic heterocycles. The molecular weight excluding hydrogens is 192 g/mol. The van der Waals surface area contributed by atoms with E-state index in [0.29, 0.717) is 6.42 Å². The Morgan fingerprint density at radius 3 is 2.40 bits per heavy atom. The number of benzene rings is 1. The van der Waals surface area contributed by atoms with Gasteiger partial charge in [0.2, 0.25) is 0 Å². The van der Waals surface area contributed by atoms with Crippen molar-refractivity contribution in [3.63, 3.8) is 0 Å². The van der Waals surface area contributed by atoms with Crippen LogP contribution < -0.4 is 0 Å². The van der Waals surface area contributed by atoms with Crippen LogP contribution in [0, 0.1) is 5.41 Å². The number of carboxylic acid groups (broad SMARTS) is 1. The first-order valence-electron chi connectivity index (χ1n) is 4.97. The molecule has 82 valence electrons. The lowest BCUT2D eigenvalue weighted by atomic mass is 9.81. The fourth-order valence-electron chi connectivity index (χ4n) is 1.56. The van der Waals surface area contributed by atoms with Gasteiger partial charge in [0.05, 0.1) is 5.41 Å². The summed E-state index contributed by atoms with van der Waals surface area (Å²) in [6.45, 7) is 1.56. The van der Waals surface area contributed by atoms with Crippen molar-refractivity contribution in [1.82, 2.24) is 0 Å². The number of aliphatic carboxylic acids is 1. The molecule has 2 N–H and O–H groups in total. The molecule has 0 aliphatic carbocycles. The highest BCUT2D eigenvalue weighted by Gasteiger charge is 2.32. The van der Waals surface area contributed by atoms with E-state index < -0.39 is 11.4 Å². The number of carboxylic acids is 1. The average Bonchev–Trinajstić information content (AvgIpc) is 2.19. The van der Waals surface area contributed by atoms with Crippen LogP contribution in [0.3, 0.4) is 0 Å². The summed E-state index contributed by atoms with van der Waals surface area (Å²) in [6.07, 6.45) is 0.723. The van der Waals surface area contributed by atoms with Crippen LogP contribution in [0.4, 0.5) is 0 Å². The van der Waals surface area contributed by atoms with Gasteiger partial charge in [-0.15, -0.1) is 0 Å². The number of carbonyl (C=O) groups is 1. The minimum atomic E-state index is -0.879. The lowest BCUT2D eigenvalue weighted by Crippen LogP contribution is -2.31. The second kappa shape index (κ2) is 4.94. The van der Waals surface area contributed by atoms with Gasteiger partial charge in [0, 0.05) is 6.61 Å². The zero-order chi connectivity index (χ0) is 11.3. The smallest absolute Gasteiger partial charge is 0.309 e. The van der Waals surface area contributed by atoms with Gasteiger partial charge in [-0.2, -0.15) is 0 Å². The predicted octanol–water partition coefficient (Wildman–Crippen LogP) is 1.70. The largest absolute Gasteiger partial charge is 0.481 e. The van der Waals surface area contributed by atoms with Gasteiger partial charge in [-0.1, -0.05) is 30.3 Å². The lowest BCUT2D eigenvalue weighted by molar-refractivity contribution is -0.148. The van der Waals surface area contributed by atoms with Crippen molar-refractivity contribution in [1.29, 1.82) is 0 Å². The van der Waals surface area contributed by atoms with Crippen LogP contribution in [0.1, 0.15) is 18.9 Å². The van der Waals surface area contributed by atoms with Gasteiger partial charge in [0.1, 0.15) is 0 Å². The Bertz CT molecular complexity index is 321. The fourth-order valence-corrected chi connectivity index (χ4v) is 1.56. The van der Waals surface area contributed by atoms with Crippen LogP contribution in [0.5, 0.6) is 0 Å². The van der Waals surface area contributed by atoms with Crippen molar-refractivity contribution < 1.29 is 15.0 Å². The summed E-state index contributed by atoms with van der Waals surface area (Å²) in [5.74, 6) is -0.861. The molecule has 0 heterocycles. The Balaban J connectivity index is 2.80. The monoisotopic (exact) mass is 208 g/mol. The van der Waals surface area contributed by atoms with Crippen LogP contribution in [0.2, 0.25) is 0 Å². The standard InChI is InChI=1S/C12H16O3/c1-12(7-8-13,11(14)15)9-10-5-3-2-4-6-10/h2-6,13H,7-9H2,1H3,(H,14,15). The Morgan fingerprint density at radius 2 is 1.93 bits per heavy atom. The first-order valence-corrected chi connectivity index (χ1v) is 4.97. The maximum Gasteiger partial charge on any atom is 0.309 e. The van der Waals surface area contributed by atoms with Gasteiger partial charge < -0.3 is 10.2 Å². The summed E-state index contributed by atoms with van der Waals surface area (Å²) in [5, 5.41) is 18.0. The summed E-state index contributed by atoms with van der Waals surface area (Å²) >= 11 is 0. The maximum absolute atomic E-state index is 11.1. The first-order chi connectivity index (χ1) is 7.08. The number of aliphatic hydroxyl groups excluding tert-OH is 1. The van der Waals surface area contributed by atoms with Crippen LogP contribution in [-0.4, -0.2) is 22.8 Å². The van der Waals surface area contributed by atoms with Crippen molar-refractivity contribution in [2.75, 3.05) is 6.61 Å². The maximum atomic E-state index is 11.1. The van der Waals surface area contributed by atoms with E-state index in [1.54, 1.807) is 6.92 Å². The molecule has 0 radical (unpaired) electrons. The molecule has 0 aliphatic heterocycles. The van der Waals surface area contributed by atoms with Gasteiger partial charge in [-0.25, -0.2) is 0 Å². The molecule has 15 heavy (non-hydrogen) atoms. The van der Waals surface area contributed by atoms with E-state index in [0.717, 1.165) is 5.56 Å². The number of hydrogen-bond donors (Lipinski definition) is 2. The van der Waals surface area contributed by atoms with E-state index in [1.807, 2.05) is 30.3 Å². The van der Waals surface area contributed by atoms with Crippen LogP contribution in [0.25, 0.3) is 0 Å². The van der Waals surface area contributed by atoms with E-state index in [2.05, 4.69) is 0 Å². The molecule has 3 nitrogen and oxygen atoms in total. The Kier molecular flexibility index (Phi) is 3.86. The summed E-state index contributed by atoms with van der Waals surface area (Å²) in [6, 6.07) is 9.47. The van der Waals surface area contributed by atoms with Crippen molar-refractivity contribution in [2.45, 2.75) is 19.8 Å². The topological polar surface area (TPSA) is 57.5 Å². The highest BCUT2D eigenvalue weighted by molar-refractivity contribution is 5.74. The molecule has 1 atom stereocenters. The van der Waals surface area contributed by atoms with Gasteiger partial charge in [-0.3, -0.25) is 4.79 Å². The third kappa shape index (κ3) is 3.06. The molecule has 0 amide bonds. The molecule has 3 heteroatoms. The van der Waals surface area contributed by atoms with Gasteiger partial charge >= 0.3 is 5.97 Å². The number of hydrogen-bond acceptors (Lipinski definition) is 2. The van der Waals surface area contributed by atoms with Crippen molar-refractivity contribution in [3.8, 4) is 0 Å². The molecule has 0 aliphatic rings. The summed E-state index contributed by atoms with van der Waals surface area (Å²) in [7, 11) is 0. The molecular formula is C12H16O3. The lowest BCUT2D eigenvalue weighted by Gasteiger charge is -2.23. The molecule has 1 aromatic carbocycles. The quantitative estimate of drug-likeness (QED) is 0.774. The normalized spacial score (nSPS) is 14.5. The predicted molar refractivity (Wildman–Crippen MR) is 57.6 cm³/mol. The van der Waals surface area contributed by atoms with Crippen LogP contribution in [0.15, 0.2) is 30.3 Å². The zero-order valence-corrected chi connectivity index (χ0v) is 8.81. The van der Waals surface area contributed by atoms with E-state index in [-0.39, 0.29) is 13.0 Å². The molecule has 1 rings (SSSR count). The summed E-state index contributed by atoms with van der Waals surface area (Å²) < 4.78 is 0. The molecule has 0 saturated carbocycles. The second-order valence-corrected chi connectivity index (χ2v) is 4.00. The van der Waals surface area contributed by atoms with Gasteiger partial charge in [-0.05, 0) is 25.3 Å². The highest BCUT2D eigenvalue weighted by Crippen LogP contribution is 2.26. The average molecular weight is 208 g/mol. The Labute approximate surface area is 89.4 Å². The minimum Gasteiger partial charge on any atom is -0.481 e. The SMILES string of the molecule is CC(CCO)(Cc1ccccc1)C(=O)O. The van der Waals surface area contributed by atoms with Crippen molar-refractivity contribution in [2.24, 2.45) is 5.41 Å². The van der Waals surface area contributed by atoms with E-state index in [9.17, 15) is 4.79 Å². The number of aliphatic hydroxyl groups is 1. The summed E-state index contributed by atoms with van der Waals surface area (Å²) in [5.41, 5.74) is 0.103. The molecule has 1 unspecified atom stereocenters. The van der Waals surface area contributed by atoms with Crippen LogP contribution in [-0.2, 0) is 11.2 Å². The van der Waals surface area contributed by atoms with Crippen LogP contribution >= 0.6 is 0 Å². The minimum absolute atomic E-state index is 0.102. The Morgan fingerprint density at radius 1 is 1.33 bits per heavy atom. The van der Waals surface area contributed by atoms with Crippen molar-refractivity contribution >= 4 is 5.97 Å².